The quantitative estimate of drug-likeness (QED) is 0.762. The van der Waals surface area contributed by atoms with E-state index in [0.717, 1.165) is 25.3 Å². The molecule has 1 saturated carbocycles. The number of carbonyl (C=O) groups is 1. The van der Waals surface area contributed by atoms with E-state index >= 15 is 0 Å². The molecule has 92 valence electrons. The Balaban J connectivity index is 2.01. The molecule has 0 spiro atoms. The molecular formula is C12H15FN2O2. The standard InChI is InChI=1S/C12H15FN2O2/c13-11-7-8(5-6-14-11)12(17)15-9-3-1-2-4-10(9)16/h5-7,9-10,16H,1-4H2,(H,15,17). The number of carbonyl (C=O) groups excluding carboxylic acids is 1. The number of aliphatic hydroxyl groups excluding tert-OH is 1. The number of nitrogens with one attached hydrogen (secondary N) is 1. The number of hydrogen-bond donors (Lipinski definition) is 2. The third-order valence-electron chi connectivity index (χ3n) is 3.03. The van der Waals surface area contributed by atoms with Gasteiger partial charge in [-0.05, 0) is 18.9 Å². The molecule has 1 aliphatic carbocycles. The Kier molecular flexibility index (Phi) is 3.68. The molecule has 1 fully saturated rings. The Morgan fingerprint density at radius 1 is 1.47 bits per heavy atom. The maximum atomic E-state index is 12.8. The molecule has 1 aromatic rings. The molecule has 0 saturated heterocycles. The van der Waals surface area contributed by atoms with E-state index in [9.17, 15) is 14.3 Å². The lowest BCUT2D eigenvalue weighted by Crippen LogP contribution is -2.45. The number of aromatic nitrogens is 1. The molecule has 2 rings (SSSR count). The molecule has 1 amide bonds. The summed E-state index contributed by atoms with van der Waals surface area (Å²) in [7, 11) is 0. The van der Waals surface area contributed by atoms with Crippen molar-refractivity contribution in [2.75, 3.05) is 0 Å². The minimum atomic E-state index is -0.679. The second kappa shape index (κ2) is 5.23. The highest BCUT2D eigenvalue weighted by Crippen LogP contribution is 2.18. The van der Waals surface area contributed by atoms with Gasteiger partial charge in [0.2, 0.25) is 5.95 Å². The molecule has 0 aromatic carbocycles. The number of aliphatic hydroxyl groups is 1. The topological polar surface area (TPSA) is 62.2 Å². The highest BCUT2D eigenvalue weighted by molar-refractivity contribution is 5.94. The van der Waals surface area contributed by atoms with Crippen molar-refractivity contribution in [3.8, 4) is 0 Å². The lowest BCUT2D eigenvalue weighted by Gasteiger charge is -2.28. The Morgan fingerprint density at radius 2 is 2.24 bits per heavy atom. The van der Waals surface area contributed by atoms with Crippen LogP contribution in [0, 0.1) is 5.95 Å². The lowest BCUT2D eigenvalue weighted by molar-refractivity contribution is 0.0717. The summed E-state index contributed by atoms with van der Waals surface area (Å²) in [5.41, 5.74) is 0.232. The largest absolute Gasteiger partial charge is 0.391 e. The first-order valence-electron chi connectivity index (χ1n) is 5.77. The predicted octanol–water partition coefficient (Wildman–Crippen LogP) is 1.25. The first-order valence-corrected chi connectivity index (χ1v) is 5.77. The zero-order chi connectivity index (χ0) is 12.3. The van der Waals surface area contributed by atoms with Gasteiger partial charge in [0.05, 0.1) is 12.1 Å². The molecule has 0 aliphatic heterocycles. The van der Waals surface area contributed by atoms with Gasteiger partial charge in [-0.3, -0.25) is 4.79 Å². The highest BCUT2D eigenvalue weighted by Gasteiger charge is 2.24. The zero-order valence-electron chi connectivity index (χ0n) is 9.40. The molecule has 17 heavy (non-hydrogen) atoms. The fraction of sp³-hybridized carbons (Fsp3) is 0.500. The normalized spacial score (nSPS) is 24.4. The average Bonchev–Trinajstić information content (AvgIpc) is 2.32. The van der Waals surface area contributed by atoms with E-state index in [1.165, 1.54) is 12.3 Å². The molecule has 1 aromatic heterocycles. The van der Waals surface area contributed by atoms with Crippen LogP contribution in [0.1, 0.15) is 36.0 Å². The summed E-state index contributed by atoms with van der Waals surface area (Å²) in [5.74, 6) is -1.04. The molecule has 5 heteroatoms. The first-order chi connectivity index (χ1) is 8.16. The smallest absolute Gasteiger partial charge is 0.251 e. The van der Waals surface area contributed by atoms with Gasteiger partial charge in [-0.2, -0.15) is 4.39 Å². The van der Waals surface area contributed by atoms with Crippen molar-refractivity contribution in [1.29, 1.82) is 0 Å². The number of hydrogen-bond acceptors (Lipinski definition) is 3. The SMILES string of the molecule is O=C(NC1CCCCC1O)c1ccnc(F)c1. The molecule has 1 heterocycles. The average molecular weight is 238 g/mol. The van der Waals surface area contributed by atoms with Gasteiger partial charge in [0.15, 0.2) is 0 Å². The zero-order valence-corrected chi connectivity index (χ0v) is 9.40. The predicted molar refractivity (Wildman–Crippen MR) is 59.9 cm³/mol. The van der Waals surface area contributed by atoms with Gasteiger partial charge in [0.25, 0.3) is 5.91 Å². The van der Waals surface area contributed by atoms with Crippen LogP contribution in [-0.4, -0.2) is 28.1 Å². The van der Waals surface area contributed by atoms with Crippen LogP contribution < -0.4 is 5.32 Å². The van der Waals surface area contributed by atoms with E-state index in [1.54, 1.807) is 0 Å². The van der Waals surface area contributed by atoms with Crippen molar-refractivity contribution < 1.29 is 14.3 Å². The Morgan fingerprint density at radius 3 is 2.94 bits per heavy atom. The van der Waals surface area contributed by atoms with Crippen LogP contribution in [0.25, 0.3) is 0 Å². The molecular weight excluding hydrogens is 223 g/mol. The highest BCUT2D eigenvalue weighted by atomic mass is 19.1. The first kappa shape index (κ1) is 12.0. The molecule has 0 bridgehead atoms. The van der Waals surface area contributed by atoms with Crippen molar-refractivity contribution >= 4 is 5.91 Å². The lowest BCUT2D eigenvalue weighted by atomic mass is 9.92. The van der Waals surface area contributed by atoms with E-state index < -0.39 is 12.1 Å². The minimum Gasteiger partial charge on any atom is -0.391 e. The van der Waals surface area contributed by atoms with Gasteiger partial charge in [-0.15, -0.1) is 0 Å². The van der Waals surface area contributed by atoms with Crippen LogP contribution >= 0.6 is 0 Å². The minimum absolute atomic E-state index is 0.229. The summed E-state index contributed by atoms with van der Waals surface area (Å²) in [6.45, 7) is 0. The van der Waals surface area contributed by atoms with E-state index in [2.05, 4.69) is 10.3 Å². The second-order valence-electron chi connectivity index (χ2n) is 4.30. The molecule has 1 aliphatic rings. The van der Waals surface area contributed by atoms with Gasteiger partial charge < -0.3 is 10.4 Å². The third-order valence-corrected chi connectivity index (χ3v) is 3.03. The van der Waals surface area contributed by atoms with Crippen LogP contribution in [0.4, 0.5) is 4.39 Å². The Labute approximate surface area is 98.9 Å². The summed E-state index contributed by atoms with van der Waals surface area (Å²) >= 11 is 0. The second-order valence-corrected chi connectivity index (χ2v) is 4.30. The van der Waals surface area contributed by atoms with Crippen LogP contribution in [0.5, 0.6) is 0 Å². The van der Waals surface area contributed by atoms with Gasteiger partial charge >= 0.3 is 0 Å². The monoisotopic (exact) mass is 238 g/mol. The number of rotatable bonds is 2. The van der Waals surface area contributed by atoms with E-state index in [-0.39, 0.29) is 17.5 Å². The summed E-state index contributed by atoms with van der Waals surface area (Å²) in [5, 5.41) is 12.4. The molecule has 2 atom stereocenters. The number of halogens is 1. The van der Waals surface area contributed by atoms with Crippen LogP contribution in [0.15, 0.2) is 18.3 Å². The summed E-state index contributed by atoms with van der Waals surface area (Å²) in [4.78, 5) is 15.2. The molecule has 0 radical (unpaired) electrons. The third kappa shape index (κ3) is 3.00. The molecule has 2 unspecified atom stereocenters. The fourth-order valence-electron chi connectivity index (χ4n) is 2.08. The van der Waals surface area contributed by atoms with Gasteiger partial charge in [0, 0.05) is 17.8 Å². The molecule has 4 nitrogen and oxygen atoms in total. The van der Waals surface area contributed by atoms with Crippen LogP contribution in [0.2, 0.25) is 0 Å². The van der Waals surface area contributed by atoms with Gasteiger partial charge in [-0.1, -0.05) is 12.8 Å². The van der Waals surface area contributed by atoms with Crippen molar-refractivity contribution in [2.24, 2.45) is 0 Å². The van der Waals surface area contributed by atoms with Crippen molar-refractivity contribution in [3.63, 3.8) is 0 Å². The van der Waals surface area contributed by atoms with Crippen LogP contribution in [0.3, 0.4) is 0 Å². The Bertz CT molecular complexity index is 411. The van der Waals surface area contributed by atoms with Gasteiger partial charge in [-0.25, -0.2) is 4.98 Å². The van der Waals surface area contributed by atoms with Gasteiger partial charge in [0.1, 0.15) is 0 Å². The Hall–Kier alpha value is -1.49. The van der Waals surface area contributed by atoms with E-state index in [1.807, 2.05) is 0 Å². The molecule has 2 N–H and O–H groups in total. The van der Waals surface area contributed by atoms with E-state index in [0.29, 0.717) is 6.42 Å². The van der Waals surface area contributed by atoms with E-state index in [4.69, 9.17) is 0 Å². The van der Waals surface area contributed by atoms with Crippen molar-refractivity contribution in [3.05, 3.63) is 29.8 Å². The fourth-order valence-corrected chi connectivity index (χ4v) is 2.08. The summed E-state index contributed by atoms with van der Waals surface area (Å²) in [6.07, 6.45) is 4.20. The van der Waals surface area contributed by atoms with Crippen molar-refractivity contribution in [1.82, 2.24) is 10.3 Å². The van der Waals surface area contributed by atoms with Crippen LogP contribution in [-0.2, 0) is 0 Å². The number of amides is 1. The maximum Gasteiger partial charge on any atom is 0.251 e. The maximum absolute atomic E-state index is 12.8. The summed E-state index contributed by atoms with van der Waals surface area (Å²) < 4.78 is 12.8. The number of nitrogens with zero attached hydrogens (tertiary/aromatic N) is 1. The summed E-state index contributed by atoms with van der Waals surface area (Å²) in [6, 6.07) is 2.31. The number of pyridine rings is 1. The van der Waals surface area contributed by atoms with Crippen molar-refractivity contribution in [2.45, 2.75) is 37.8 Å².